The average molecular weight is 234 g/mol. The number of hydrogen-bond acceptors (Lipinski definition) is 2. The van der Waals surface area contributed by atoms with Crippen LogP contribution in [0.1, 0.15) is 5.56 Å². The van der Waals surface area contributed by atoms with Crippen LogP contribution in [-0.2, 0) is 6.42 Å². The molecule has 4 heteroatoms. The number of phenolic OH excluding ortho intramolecular Hbond substituents is 1. The molecule has 0 aliphatic rings. The minimum Gasteiger partial charge on any atom is -0.505 e. The van der Waals surface area contributed by atoms with Gasteiger partial charge in [0.1, 0.15) is 0 Å². The van der Waals surface area contributed by atoms with E-state index in [1.165, 1.54) is 6.07 Å². The van der Waals surface area contributed by atoms with Crippen LogP contribution in [0.25, 0.3) is 0 Å². The lowest BCUT2D eigenvalue weighted by atomic mass is 10.1. The Morgan fingerprint density at radius 2 is 2.17 bits per heavy atom. The van der Waals surface area contributed by atoms with E-state index < -0.39 is 5.82 Å². The van der Waals surface area contributed by atoms with Gasteiger partial charge in [0, 0.05) is 10.0 Å². The van der Waals surface area contributed by atoms with Gasteiger partial charge in [-0.2, -0.15) is 0 Å². The molecule has 12 heavy (non-hydrogen) atoms. The molecule has 0 radical (unpaired) electrons. The minimum absolute atomic E-state index is 0.310. The molecule has 1 aromatic carbocycles. The van der Waals surface area contributed by atoms with Gasteiger partial charge < -0.3 is 10.8 Å². The molecule has 0 aliphatic carbocycles. The number of halogens is 2. The standard InChI is InChI=1S/C8H9BrFNO/c9-6-1-2-7(10)8(12)5(6)3-4-11/h1-2,12H,3-4,11H2. The third-order valence-corrected chi connectivity index (χ3v) is 2.31. The molecule has 0 amide bonds. The van der Waals surface area contributed by atoms with Gasteiger partial charge in [0.15, 0.2) is 11.6 Å². The third-order valence-electron chi connectivity index (χ3n) is 1.57. The van der Waals surface area contributed by atoms with Crippen molar-refractivity contribution in [2.24, 2.45) is 5.73 Å². The Bertz CT molecular complexity index is 291. The summed E-state index contributed by atoms with van der Waals surface area (Å²) < 4.78 is 13.5. The molecule has 0 bridgehead atoms. The molecular formula is C8H9BrFNO. The molecule has 0 fully saturated rings. The maximum atomic E-state index is 12.8. The maximum Gasteiger partial charge on any atom is 0.165 e. The Morgan fingerprint density at radius 3 is 2.75 bits per heavy atom. The molecule has 0 saturated carbocycles. The van der Waals surface area contributed by atoms with Crippen LogP contribution in [0.3, 0.4) is 0 Å². The van der Waals surface area contributed by atoms with Crippen LogP contribution in [0.2, 0.25) is 0 Å². The Hall–Kier alpha value is -0.610. The quantitative estimate of drug-likeness (QED) is 0.819. The van der Waals surface area contributed by atoms with E-state index in [0.717, 1.165) is 0 Å². The Balaban J connectivity index is 3.14. The number of benzene rings is 1. The van der Waals surface area contributed by atoms with Gasteiger partial charge in [-0.15, -0.1) is 0 Å². The summed E-state index contributed by atoms with van der Waals surface area (Å²) in [7, 11) is 0. The van der Waals surface area contributed by atoms with Crippen LogP contribution in [0, 0.1) is 5.82 Å². The van der Waals surface area contributed by atoms with Gasteiger partial charge in [0.05, 0.1) is 0 Å². The minimum atomic E-state index is -0.610. The summed E-state index contributed by atoms with van der Waals surface area (Å²) in [5.74, 6) is -0.920. The zero-order chi connectivity index (χ0) is 9.14. The van der Waals surface area contributed by atoms with E-state index in [-0.39, 0.29) is 5.75 Å². The molecule has 0 aromatic heterocycles. The van der Waals surface area contributed by atoms with Crippen LogP contribution in [-0.4, -0.2) is 11.7 Å². The summed E-state index contributed by atoms with van der Waals surface area (Å²) >= 11 is 3.20. The number of nitrogens with two attached hydrogens (primary N) is 1. The molecule has 0 spiro atoms. The van der Waals surface area contributed by atoms with E-state index in [9.17, 15) is 9.50 Å². The predicted molar refractivity (Wildman–Crippen MR) is 48.5 cm³/mol. The van der Waals surface area contributed by atoms with Crippen molar-refractivity contribution in [3.63, 3.8) is 0 Å². The second kappa shape index (κ2) is 3.87. The number of rotatable bonds is 2. The van der Waals surface area contributed by atoms with Gasteiger partial charge in [0.25, 0.3) is 0 Å². The molecule has 0 unspecified atom stereocenters. The topological polar surface area (TPSA) is 46.2 Å². The highest BCUT2D eigenvalue weighted by molar-refractivity contribution is 9.10. The molecular weight excluding hydrogens is 225 g/mol. The van der Waals surface area contributed by atoms with E-state index in [1.807, 2.05) is 0 Å². The van der Waals surface area contributed by atoms with Crippen LogP contribution >= 0.6 is 15.9 Å². The molecule has 1 aromatic rings. The van der Waals surface area contributed by atoms with Crippen LogP contribution in [0.5, 0.6) is 5.75 Å². The molecule has 0 aliphatic heterocycles. The number of aromatic hydroxyl groups is 1. The monoisotopic (exact) mass is 233 g/mol. The first-order valence-corrected chi connectivity index (χ1v) is 4.32. The predicted octanol–water partition coefficient (Wildman–Crippen LogP) is 1.79. The summed E-state index contributed by atoms with van der Waals surface area (Å²) in [6, 6.07) is 2.76. The summed E-state index contributed by atoms with van der Waals surface area (Å²) in [5.41, 5.74) is 5.82. The zero-order valence-corrected chi connectivity index (χ0v) is 7.94. The molecule has 3 N–H and O–H groups in total. The van der Waals surface area contributed by atoms with E-state index in [4.69, 9.17) is 5.73 Å². The third kappa shape index (κ3) is 1.76. The molecule has 0 saturated heterocycles. The highest BCUT2D eigenvalue weighted by Crippen LogP contribution is 2.28. The fourth-order valence-corrected chi connectivity index (χ4v) is 1.48. The number of phenols is 1. The lowest BCUT2D eigenvalue weighted by Gasteiger charge is -2.05. The van der Waals surface area contributed by atoms with Crippen molar-refractivity contribution >= 4 is 15.9 Å². The van der Waals surface area contributed by atoms with Crippen molar-refractivity contribution in [1.82, 2.24) is 0 Å². The first-order chi connectivity index (χ1) is 5.66. The second-order valence-corrected chi connectivity index (χ2v) is 3.25. The summed E-state index contributed by atoms with van der Waals surface area (Å²) in [4.78, 5) is 0. The molecule has 0 heterocycles. The van der Waals surface area contributed by atoms with Gasteiger partial charge in [0.2, 0.25) is 0 Å². The van der Waals surface area contributed by atoms with Crippen LogP contribution in [0.15, 0.2) is 16.6 Å². The molecule has 1 rings (SSSR count). The van der Waals surface area contributed by atoms with E-state index in [0.29, 0.717) is 23.0 Å². The highest BCUT2D eigenvalue weighted by Gasteiger charge is 2.09. The Morgan fingerprint density at radius 1 is 1.50 bits per heavy atom. The molecule has 0 atom stereocenters. The SMILES string of the molecule is NCCc1c(Br)ccc(F)c1O. The first-order valence-electron chi connectivity index (χ1n) is 3.52. The Labute approximate surface area is 78.3 Å². The van der Waals surface area contributed by atoms with Crippen LogP contribution < -0.4 is 5.73 Å². The lowest BCUT2D eigenvalue weighted by molar-refractivity contribution is 0.425. The Kier molecular flexibility index (Phi) is 3.05. The number of hydrogen-bond donors (Lipinski definition) is 2. The fraction of sp³-hybridized carbons (Fsp3) is 0.250. The van der Waals surface area contributed by atoms with Gasteiger partial charge in [-0.3, -0.25) is 0 Å². The normalized spacial score (nSPS) is 10.2. The van der Waals surface area contributed by atoms with E-state index in [1.54, 1.807) is 6.07 Å². The maximum absolute atomic E-state index is 12.8. The van der Waals surface area contributed by atoms with Crippen molar-refractivity contribution in [1.29, 1.82) is 0 Å². The van der Waals surface area contributed by atoms with Gasteiger partial charge >= 0.3 is 0 Å². The summed E-state index contributed by atoms with van der Waals surface area (Å²) in [6.07, 6.45) is 0.462. The molecule has 2 nitrogen and oxygen atoms in total. The van der Waals surface area contributed by atoms with Crippen molar-refractivity contribution in [2.75, 3.05) is 6.54 Å². The van der Waals surface area contributed by atoms with Crippen molar-refractivity contribution < 1.29 is 9.50 Å². The van der Waals surface area contributed by atoms with Gasteiger partial charge in [-0.05, 0) is 25.1 Å². The average Bonchev–Trinajstić information content (AvgIpc) is 2.06. The zero-order valence-electron chi connectivity index (χ0n) is 6.35. The fourth-order valence-electron chi connectivity index (χ4n) is 0.965. The smallest absolute Gasteiger partial charge is 0.165 e. The first kappa shape index (κ1) is 9.48. The lowest BCUT2D eigenvalue weighted by Crippen LogP contribution is -2.04. The van der Waals surface area contributed by atoms with Crippen LogP contribution in [0.4, 0.5) is 4.39 Å². The summed E-state index contributed by atoms with van der Waals surface area (Å²) in [6.45, 7) is 0.385. The highest BCUT2D eigenvalue weighted by atomic mass is 79.9. The molecule has 66 valence electrons. The largest absolute Gasteiger partial charge is 0.505 e. The van der Waals surface area contributed by atoms with Crippen molar-refractivity contribution in [3.8, 4) is 5.75 Å². The second-order valence-electron chi connectivity index (χ2n) is 2.40. The van der Waals surface area contributed by atoms with Gasteiger partial charge in [-0.25, -0.2) is 4.39 Å². The van der Waals surface area contributed by atoms with E-state index >= 15 is 0 Å². The summed E-state index contributed by atoms with van der Waals surface area (Å²) in [5, 5.41) is 9.25. The van der Waals surface area contributed by atoms with E-state index in [2.05, 4.69) is 15.9 Å². The van der Waals surface area contributed by atoms with Crippen molar-refractivity contribution in [3.05, 3.63) is 28.0 Å². The van der Waals surface area contributed by atoms with Gasteiger partial charge in [-0.1, -0.05) is 15.9 Å². The van der Waals surface area contributed by atoms with Crippen molar-refractivity contribution in [2.45, 2.75) is 6.42 Å².